The maximum absolute atomic E-state index is 12.0. The number of benzene rings is 1. The summed E-state index contributed by atoms with van der Waals surface area (Å²) in [4.78, 5) is 13.6. The van der Waals surface area contributed by atoms with Crippen LogP contribution in [0.15, 0.2) is 18.2 Å². The van der Waals surface area contributed by atoms with Crippen LogP contribution < -0.4 is 15.2 Å². The first-order valence-corrected chi connectivity index (χ1v) is 6.45. The average Bonchev–Trinajstić information content (AvgIpc) is 2.45. The van der Waals surface area contributed by atoms with Crippen molar-refractivity contribution in [1.82, 2.24) is 4.90 Å². The summed E-state index contributed by atoms with van der Waals surface area (Å²) in [5, 5.41) is 0. The molecule has 1 amide bonds. The first-order valence-electron chi connectivity index (χ1n) is 6.45. The minimum absolute atomic E-state index is 0.0531. The van der Waals surface area contributed by atoms with Gasteiger partial charge in [0.1, 0.15) is 13.2 Å². The van der Waals surface area contributed by atoms with Crippen LogP contribution in [0, 0.1) is 5.92 Å². The number of nitrogens with two attached hydrogens (primary N) is 1. The van der Waals surface area contributed by atoms with Crippen LogP contribution in [-0.2, 0) is 11.3 Å². The van der Waals surface area contributed by atoms with Gasteiger partial charge in [-0.1, -0.05) is 13.0 Å². The van der Waals surface area contributed by atoms with E-state index < -0.39 is 0 Å². The summed E-state index contributed by atoms with van der Waals surface area (Å²) in [5.41, 5.74) is 6.53. The molecule has 1 aliphatic rings. The van der Waals surface area contributed by atoms with E-state index in [2.05, 4.69) is 0 Å². The molecule has 0 radical (unpaired) electrons. The number of carbonyl (C=O) groups excluding carboxylic acids is 1. The van der Waals surface area contributed by atoms with Crippen molar-refractivity contribution in [3.63, 3.8) is 0 Å². The van der Waals surface area contributed by atoms with Crippen molar-refractivity contribution in [2.75, 3.05) is 26.8 Å². The summed E-state index contributed by atoms with van der Waals surface area (Å²) in [6.07, 6.45) is 0. The molecule has 0 spiro atoms. The van der Waals surface area contributed by atoms with Crippen LogP contribution in [0.1, 0.15) is 12.5 Å². The average molecular weight is 264 g/mol. The molecule has 1 heterocycles. The number of hydrogen-bond donors (Lipinski definition) is 1. The van der Waals surface area contributed by atoms with Gasteiger partial charge in [-0.15, -0.1) is 0 Å². The van der Waals surface area contributed by atoms with Crippen LogP contribution in [0.5, 0.6) is 11.5 Å². The van der Waals surface area contributed by atoms with E-state index in [0.29, 0.717) is 26.3 Å². The van der Waals surface area contributed by atoms with Gasteiger partial charge in [0, 0.05) is 26.1 Å². The fourth-order valence-corrected chi connectivity index (χ4v) is 2.01. The lowest BCUT2D eigenvalue weighted by atomic mass is 10.1. The van der Waals surface area contributed by atoms with E-state index in [1.54, 1.807) is 11.9 Å². The predicted molar refractivity (Wildman–Crippen MR) is 72.1 cm³/mol. The normalized spacial score (nSPS) is 14.9. The van der Waals surface area contributed by atoms with E-state index in [1.165, 1.54) is 0 Å². The second-order valence-corrected chi connectivity index (χ2v) is 4.81. The van der Waals surface area contributed by atoms with Gasteiger partial charge in [0.15, 0.2) is 11.5 Å². The van der Waals surface area contributed by atoms with Crippen LogP contribution in [0.4, 0.5) is 0 Å². The van der Waals surface area contributed by atoms with E-state index in [1.807, 2.05) is 25.1 Å². The Balaban J connectivity index is 2.05. The molecule has 1 atom stereocenters. The Hall–Kier alpha value is -1.75. The topological polar surface area (TPSA) is 64.8 Å². The number of hydrogen-bond acceptors (Lipinski definition) is 4. The standard InChI is InChI=1S/C14H20N2O3/c1-10(8-15)14(17)16(2)9-11-3-4-12-13(7-11)19-6-5-18-12/h3-4,7,10H,5-6,8-9,15H2,1-2H3. The lowest BCUT2D eigenvalue weighted by Crippen LogP contribution is -2.34. The highest BCUT2D eigenvalue weighted by Gasteiger charge is 2.17. The van der Waals surface area contributed by atoms with Crippen LogP contribution in [0.3, 0.4) is 0 Å². The molecule has 1 aromatic rings. The molecule has 1 unspecified atom stereocenters. The Morgan fingerprint density at radius 1 is 1.37 bits per heavy atom. The number of carbonyl (C=O) groups is 1. The van der Waals surface area contributed by atoms with Crippen molar-refractivity contribution in [1.29, 1.82) is 0 Å². The quantitative estimate of drug-likeness (QED) is 0.881. The first kappa shape index (κ1) is 13.7. The Kier molecular flexibility index (Phi) is 4.27. The van der Waals surface area contributed by atoms with E-state index in [-0.39, 0.29) is 11.8 Å². The van der Waals surface area contributed by atoms with Gasteiger partial charge in [0.05, 0.1) is 0 Å². The predicted octanol–water partition coefficient (Wildman–Crippen LogP) is 1.01. The van der Waals surface area contributed by atoms with Gasteiger partial charge in [-0.2, -0.15) is 0 Å². The molecule has 1 aromatic carbocycles. The summed E-state index contributed by atoms with van der Waals surface area (Å²) in [5.74, 6) is 1.41. The number of ether oxygens (including phenoxy) is 2. The molecule has 1 aliphatic heterocycles. The third-order valence-electron chi connectivity index (χ3n) is 3.18. The zero-order valence-corrected chi connectivity index (χ0v) is 11.4. The minimum Gasteiger partial charge on any atom is -0.486 e. The molecular formula is C14H20N2O3. The van der Waals surface area contributed by atoms with E-state index in [0.717, 1.165) is 17.1 Å². The Morgan fingerprint density at radius 3 is 2.74 bits per heavy atom. The summed E-state index contributed by atoms with van der Waals surface area (Å²) in [6.45, 7) is 3.89. The number of amides is 1. The zero-order chi connectivity index (χ0) is 13.8. The highest BCUT2D eigenvalue weighted by molar-refractivity contribution is 5.78. The van der Waals surface area contributed by atoms with Gasteiger partial charge in [0.2, 0.25) is 5.91 Å². The highest BCUT2D eigenvalue weighted by Crippen LogP contribution is 2.31. The fraction of sp³-hybridized carbons (Fsp3) is 0.500. The van der Waals surface area contributed by atoms with Gasteiger partial charge in [0.25, 0.3) is 0 Å². The van der Waals surface area contributed by atoms with Crippen LogP contribution in [-0.4, -0.2) is 37.6 Å². The molecule has 104 valence electrons. The summed E-state index contributed by atoms with van der Waals surface area (Å²) < 4.78 is 11.0. The molecular weight excluding hydrogens is 244 g/mol. The molecule has 0 fully saturated rings. The number of nitrogens with zero attached hydrogens (tertiary/aromatic N) is 1. The Bertz CT molecular complexity index is 462. The lowest BCUT2D eigenvalue weighted by Gasteiger charge is -2.22. The molecule has 5 heteroatoms. The molecule has 0 saturated carbocycles. The van der Waals surface area contributed by atoms with Gasteiger partial charge >= 0.3 is 0 Å². The van der Waals surface area contributed by atoms with Gasteiger partial charge in [-0.25, -0.2) is 0 Å². The monoisotopic (exact) mass is 264 g/mol. The van der Waals surface area contributed by atoms with Crippen LogP contribution in [0.2, 0.25) is 0 Å². The molecule has 19 heavy (non-hydrogen) atoms. The van der Waals surface area contributed by atoms with E-state index >= 15 is 0 Å². The first-order chi connectivity index (χ1) is 9.11. The van der Waals surface area contributed by atoms with Gasteiger partial charge in [-0.3, -0.25) is 4.79 Å². The summed E-state index contributed by atoms with van der Waals surface area (Å²) in [7, 11) is 1.78. The van der Waals surface area contributed by atoms with Crippen molar-refractivity contribution in [2.24, 2.45) is 11.7 Å². The summed E-state index contributed by atoms with van der Waals surface area (Å²) in [6, 6.07) is 5.75. The fourth-order valence-electron chi connectivity index (χ4n) is 2.01. The maximum atomic E-state index is 12.0. The third kappa shape index (κ3) is 3.17. The van der Waals surface area contributed by atoms with Crippen molar-refractivity contribution >= 4 is 5.91 Å². The Morgan fingerprint density at radius 2 is 2.05 bits per heavy atom. The molecule has 0 bridgehead atoms. The highest BCUT2D eigenvalue weighted by atomic mass is 16.6. The smallest absolute Gasteiger partial charge is 0.226 e. The van der Waals surface area contributed by atoms with Crippen molar-refractivity contribution in [3.05, 3.63) is 23.8 Å². The van der Waals surface area contributed by atoms with Gasteiger partial charge < -0.3 is 20.1 Å². The lowest BCUT2D eigenvalue weighted by molar-refractivity contribution is -0.133. The van der Waals surface area contributed by atoms with Crippen molar-refractivity contribution in [2.45, 2.75) is 13.5 Å². The third-order valence-corrected chi connectivity index (χ3v) is 3.18. The minimum atomic E-state index is -0.151. The Labute approximate surface area is 113 Å². The van der Waals surface area contributed by atoms with Crippen molar-refractivity contribution < 1.29 is 14.3 Å². The number of fused-ring (bicyclic) bond motifs is 1. The molecule has 2 N–H and O–H groups in total. The van der Waals surface area contributed by atoms with E-state index in [4.69, 9.17) is 15.2 Å². The van der Waals surface area contributed by atoms with Gasteiger partial charge in [-0.05, 0) is 17.7 Å². The van der Waals surface area contributed by atoms with Crippen molar-refractivity contribution in [3.8, 4) is 11.5 Å². The number of rotatable bonds is 4. The summed E-state index contributed by atoms with van der Waals surface area (Å²) >= 11 is 0. The second kappa shape index (κ2) is 5.93. The molecule has 0 aromatic heterocycles. The SMILES string of the molecule is CC(CN)C(=O)N(C)Cc1ccc2c(c1)OCCO2. The van der Waals surface area contributed by atoms with Crippen LogP contribution in [0.25, 0.3) is 0 Å². The van der Waals surface area contributed by atoms with Crippen LogP contribution >= 0.6 is 0 Å². The largest absolute Gasteiger partial charge is 0.486 e. The second-order valence-electron chi connectivity index (χ2n) is 4.81. The zero-order valence-electron chi connectivity index (χ0n) is 11.4. The maximum Gasteiger partial charge on any atom is 0.226 e. The molecule has 0 aliphatic carbocycles. The molecule has 0 saturated heterocycles. The molecule has 5 nitrogen and oxygen atoms in total. The van der Waals surface area contributed by atoms with E-state index in [9.17, 15) is 4.79 Å². The molecule has 2 rings (SSSR count).